The van der Waals surface area contributed by atoms with Crippen LogP contribution in [0.3, 0.4) is 0 Å². The minimum absolute atomic E-state index is 0.560. The lowest BCUT2D eigenvalue weighted by atomic mass is 9.66. The molecule has 0 aromatic rings. The normalized spacial score (nSPS) is 18.2. The van der Waals surface area contributed by atoms with Crippen LogP contribution in [0, 0.1) is 5.41 Å². The Kier molecular flexibility index (Phi) is 21.4. The number of hydrogen-bond acceptors (Lipinski definition) is 4. The van der Waals surface area contributed by atoms with E-state index in [-0.39, 0.29) is 0 Å². The third-order valence-corrected chi connectivity index (χ3v) is 11.6. The Hall–Kier alpha value is -3.31. The summed E-state index contributed by atoms with van der Waals surface area (Å²) in [4.78, 5) is 11.9. The molecule has 0 amide bonds. The van der Waals surface area contributed by atoms with Crippen LogP contribution in [0.25, 0.3) is 0 Å². The molecule has 0 fully saturated rings. The van der Waals surface area contributed by atoms with Crippen LogP contribution in [0.5, 0.6) is 0 Å². The van der Waals surface area contributed by atoms with Gasteiger partial charge in [-0.25, -0.2) is 0 Å². The van der Waals surface area contributed by atoms with Crippen molar-refractivity contribution in [2.45, 2.75) is 197 Å². The van der Waals surface area contributed by atoms with E-state index in [1.54, 1.807) is 0 Å². The van der Waals surface area contributed by atoms with Crippen LogP contribution in [0.1, 0.15) is 52.9 Å². The van der Waals surface area contributed by atoms with Gasteiger partial charge in [0.25, 0.3) is 0 Å². The largest absolute Gasteiger partial charge is 0.460 e. The summed E-state index contributed by atoms with van der Waals surface area (Å²) in [7, 11) is 0. The molecule has 504 valence electrons. The van der Waals surface area contributed by atoms with Crippen molar-refractivity contribution in [3.05, 3.63) is 0 Å². The zero-order valence-corrected chi connectivity index (χ0v) is 39.5. The Morgan fingerprint density at radius 1 is 0.274 bits per heavy atom. The third kappa shape index (κ3) is 11.4. The van der Waals surface area contributed by atoms with Crippen molar-refractivity contribution in [2.24, 2.45) is 5.41 Å². The third-order valence-electron chi connectivity index (χ3n) is 11.4. The number of ether oxygens (including phenoxy) is 3. The van der Waals surface area contributed by atoms with Crippen LogP contribution in [-0.4, -0.2) is 149 Å². The number of hydrogen-bond donors (Lipinski definition) is 0. The molecule has 0 radical (unpaired) electrons. The zero-order chi connectivity index (χ0) is 69.0. The molecule has 0 N–H and O–H groups in total. The molecule has 4 nitrogen and oxygen atoms in total. The molecule has 0 aliphatic carbocycles. The predicted octanol–water partition coefficient (Wildman–Crippen LogP) is 17.9. The van der Waals surface area contributed by atoms with E-state index in [0.717, 1.165) is 0 Å². The highest BCUT2D eigenvalue weighted by Crippen LogP contribution is 2.68. The molecule has 0 bridgehead atoms. The minimum atomic E-state index is -9.54. The molecule has 0 aromatic heterocycles. The van der Waals surface area contributed by atoms with Gasteiger partial charge in [0.15, 0.2) is 0 Å². The highest BCUT2D eigenvalue weighted by atomic mass is 35.5. The van der Waals surface area contributed by atoms with Gasteiger partial charge in [-0.1, -0.05) is 20.8 Å². The summed E-state index contributed by atoms with van der Waals surface area (Å²) in [6, 6.07) is 0. The molecule has 50 heteroatoms. The molecule has 0 saturated heterocycles. The molecular weight excluding hydrogens is 1360 g/mol. The van der Waals surface area contributed by atoms with E-state index in [2.05, 4.69) is 14.2 Å². The Balaban J connectivity index is 9.54. The summed E-state index contributed by atoms with van der Waals surface area (Å²) in [5.74, 6) is -140. The van der Waals surface area contributed by atoms with Crippen LogP contribution in [-0.2, 0) is 19.0 Å². The van der Waals surface area contributed by atoms with Crippen LogP contribution in [0.2, 0.25) is 0 Å². The number of rotatable bonds is 30. The maximum atomic E-state index is 15.5. The first-order chi connectivity index (χ1) is 35.9. The highest BCUT2D eigenvalue weighted by Gasteiger charge is 2.97. The minimum Gasteiger partial charge on any atom is -0.311 e. The average molecular weight is 1380 g/mol. The van der Waals surface area contributed by atoms with Crippen molar-refractivity contribution >= 4 is 16.8 Å². The summed E-state index contributed by atoms with van der Waals surface area (Å²) in [5.41, 5.74) is -5.86. The van der Waals surface area contributed by atoms with Crippen molar-refractivity contribution in [2.75, 3.05) is 0 Å². The van der Waals surface area contributed by atoms with Gasteiger partial charge in [-0.05, 0) is 37.3 Å². The van der Waals surface area contributed by atoms with E-state index in [0.29, 0.717) is 0 Å². The van der Waals surface area contributed by atoms with Crippen LogP contribution in [0.15, 0.2) is 0 Å². The van der Waals surface area contributed by atoms with E-state index >= 15 is 52.7 Å². The van der Waals surface area contributed by atoms with Crippen molar-refractivity contribution < 1.29 is 217 Å². The smallest absolute Gasteiger partial charge is 0.311 e. The molecule has 84 heavy (non-hydrogen) atoms. The fourth-order valence-corrected chi connectivity index (χ4v) is 6.85. The van der Waals surface area contributed by atoms with E-state index < -0.39 is 208 Å². The van der Waals surface area contributed by atoms with Crippen molar-refractivity contribution in [3.63, 3.8) is 0 Å². The predicted molar refractivity (Wildman–Crippen MR) is 175 cm³/mol. The number of halogens is 46. The number of alkyl halides is 45. The van der Waals surface area contributed by atoms with Gasteiger partial charge in [0.05, 0.1) is 23.7 Å². The van der Waals surface area contributed by atoms with E-state index in [9.17, 15) is 150 Å². The lowest BCUT2D eigenvalue weighted by molar-refractivity contribution is -0.491. The van der Waals surface area contributed by atoms with Crippen LogP contribution in [0.4, 0.5) is 198 Å². The molecule has 3 unspecified atom stereocenters. The second-order valence-electron chi connectivity index (χ2n) is 16.7. The molecule has 0 saturated carbocycles. The first-order valence-corrected chi connectivity index (χ1v) is 20.5. The SMILES string of the molecule is CCC(OC(F)(F)C(F)(F)C(F)(F)C(F)(F)C(F)(F)C(F)(F)C(F)(F)F)C(CCC(=O)Cl)(C(CC)OC(F)(F)C(F)(F)C(F)(F)C(F)(F)C(F)(F)C(F)(F)C(F)(F)F)C(CC)OC(F)(F)C(F)(F)C(F)(F)C(F)(F)C(F)(F)C(F)(F)C(F)(F)F. The summed E-state index contributed by atoms with van der Waals surface area (Å²) >= 11 is 4.76. The molecule has 0 rings (SSSR count). The number of carbonyl (C=O) groups excluding carboxylic acids is 1. The fourth-order valence-electron chi connectivity index (χ4n) is 6.75. The Bertz CT molecular complexity index is 2030. The van der Waals surface area contributed by atoms with Crippen molar-refractivity contribution in [1.29, 1.82) is 0 Å². The monoisotopic (exact) mass is 1380 g/mol. The summed E-state index contributed by atoms with van der Waals surface area (Å²) in [6.07, 6.45) is -82.2. The molecule has 0 aliphatic rings. The maximum Gasteiger partial charge on any atom is 0.460 e. The Morgan fingerprint density at radius 3 is 0.548 bits per heavy atom. The quantitative estimate of drug-likeness (QED) is 0.0531. The second kappa shape index (κ2) is 22.3. The van der Waals surface area contributed by atoms with Gasteiger partial charge in [0, 0.05) is 6.42 Å². The highest BCUT2D eigenvalue weighted by molar-refractivity contribution is 6.63. The van der Waals surface area contributed by atoms with E-state index in [1.807, 2.05) is 0 Å². The lowest BCUT2D eigenvalue weighted by Crippen LogP contribution is -2.74. The first kappa shape index (κ1) is 80.7. The molecule has 0 heterocycles. The molecular formula is C34H22ClF45O4. The summed E-state index contributed by atoms with van der Waals surface area (Å²) < 4.78 is 644. The average Bonchev–Trinajstić information content (AvgIpc) is 3.27. The Labute approximate surface area is 436 Å². The van der Waals surface area contributed by atoms with Crippen LogP contribution < -0.4 is 0 Å². The molecule has 0 spiro atoms. The summed E-state index contributed by atoms with van der Waals surface area (Å²) in [5, 5.41) is -2.75. The van der Waals surface area contributed by atoms with Gasteiger partial charge >= 0.3 is 126 Å². The Morgan fingerprint density at radius 2 is 0.417 bits per heavy atom. The number of carbonyl (C=O) groups is 1. The first-order valence-electron chi connectivity index (χ1n) is 20.1. The summed E-state index contributed by atoms with van der Waals surface area (Å²) in [6.45, 7) is -1.68. The van der Waals surface area contributed by atoms with Gasteiger partial charge in [-0.2, -0.15) is 198 Å². The van der Waals surface area contributed by atoms with Crippen LogP contribution >= 0.6 is 11.6 Å². The maximum absolute atomic E-state index is 15.5. The van der Waals surface area contributed by atoms with Gasteiger partial charge in [0.1, 0.15) is 0 Å². The van der Waals surface area contributed by atoms with E-state index in [4.69, 9.17) is 11.6 Å². The lowest BCUT2D eigenvalue weighted by Gasteiger charge is -2.52. The van der Waals surface area contributed by atoms with E-state index in [1.165, 1.54) is 0 Å². The van der Waals surface area contributed by atoms with Gasteiger partial charge in [0.2, 0.25) is 5.24 Å². The van der Waals surface area contributed by atoms with Gasteiger partial charge in [-0.3, -0.25) is 4.79 Å². The standard InChI is InChI=1S/C34H22ClF45O4/c1-4-9(82-32(75,76)26(60,61)20(48,49)14(36,37)17(42,43)23(54,55)29(66,67)68)13(8-7-12(35)81,10(5-2)83-33(77,78)27(62,63)21(50,51)15(38,39)18(44,45)24(56,57)30(69,70)71)11(6-3)84-34(79,80)28(64,65)22(52,53)16(40,41)19(46,47)25(58,59)31(72,73)74/h9-11H,4-8H2,1-3H3. The fraction of sp³-hybridized carbons (Fsp3) is 0.971. The zero-order valence-electron chi connectivity index (χ0n) is 38.8. The van der Waals surface area contributed by atoms with Crippen molar-refractivity contribution in [3.8, 4) is 0 Å². The molecule has 0 aliphatic heterocycles. The topological polar surface area (TPSA) is 44.8 Å². The van der Waals surface area contributed by atoms with Gasteiger partial charge < -0.3 is 14.2 Å². The molecule has 3 atom stereocenters. The van der Waals surface area contributed by atoms with Crippen molar-refractivity contribution in [1.82, 2.24) is 0 Å². The second-order valence-corrected chi connectivity index (χ2v) is 17.1. The van der Waals surface area contributed by atoms with Gasteiger partial charge in [-0.15, -0.1) is 0 Å². The molecule has 0 aromatic carbocycles.